The zero-order valence-corrected chi connectivity index (χ0v) is 16.7. The molecule has 6 heteroatoms. The molecule has 0 aliphatic rings. The number of ether oxygens (including phenoxy) is 2. The highest BCUT2D eigenvalue weighted by Crippen LogP contribution is 2.23. The van der Waals surface area contributed by atoms with Crippen LogP contribution in [0.25, 0.3) is 0 Å². The third-order valence-corrected chi connectivity index (χ3v) is 3.99. The Morgan fingerprint density at radius 1 is 0.964 bits per heavy atom. The van der Waals surface area contributed by atoms with Gasteiger partial charge in [-0.25, -0.2) is 0 Å². The fourth-order valence-corrected chi connectivity index (χ4v) is 2.60. The van der Waals surface area contributed by atoms with Crippen LogP contribution >= 0.6 is 0 Å². The van der Waals surface area contributed by atoms with Crippen LogP contribution in [0.1, 0.15) is 49.5 Å². The average molecular weight is 384 g/mol. The molecule has 2 aromatic carbocycles. The highest BCUT2D eigenvalue weighted by atomic mass is 16.5. The number of nitrogens with one attached hydrogen (secondary N) is 2. The van der Waals surface area contributed by atoms with E-state index in [2.05, 4.69) is 17.6 Å². The average Bonchev–Trinajstić information content (AvgIpc) is 2.67. The second-order valence-electron chi connectivity index (χ2n) is 6.37. The summed E-state index contributed by atoms with van der Waals surface area (Å²) in [5.41, 5.74) is 2.71. The summed E-state index contributed by atoms with van der Waals surface area (Å²) in [5.74, 6) is 0.375. The van der Waals surface area contributed by atoms with Gasteiger partial charge in [-0.1, -0.05) is 13.3 Å². The molecule has 0 unspecified atom stereocenters. The van der Waals surface area contributed by atoms with Crippen LogP contribution in [0.15, 0.2) is 42.5 Å². The number of rotatable bonds is 10. The molecule has 0 atom stereocenters. The number of benzene rings is 2. The quantitative estimate of drug-likeness (QED) is 0.586. The van der Waals surface area contributed by atoms with Gasteiger partial charge in [0.2, 0.25) is 5.91 Å². The fourth-order valence-electron chi connectivity index (χ4n) is 2.60. The van der Waals surface area contributed by atoms with E-state index >= 15 is 0 Å². The minimum absolute atomic E-state index is 0.139. The molecule has 0 saturated heterocycles. The van der Waals surface area contributed by atoms with Gasteiger partial charge in [0.25, 0.3) is 5.91 Å². The van der Waals surface area contributed by atoms with E-state index in [0.29, 0.717) is 36.8 Å². The first kappa shape index (κ1) is 21.4. The van der Waals surface area contributed by atoms with E-state index in [9.17, 15) is 9.59 Å². The van der Waals surface area contributed by atoms with Crippen molar-refractivity contribution in [2.24, 2.45) is 0 Å². The Hall–Kier alpha value is -2.86. The second kappa shape index (κ2) is 11.1. The van der Waals surface area contributed by atoms with Crippen LogP contribution in [-0.2, 0) is 16.1 Å². The largest absolute Gasteiger partial charge is 0.494 e. The normalized spacial score (nSPS) is 10.4. The van der Waals surface area contributed by atoms with Gasteiger partial charge in [-0.2, -0.15) is 0 Å². The van der Waals surface area contributed by atoms with Gasteiger partial charge in [-0.3, -0.25) is 9.59 Å². The first-order valence-corrected chi connectivity index (χ1v) is 9.56. The van der Waals surface area contributed by atoms with Crippen molar-refractivity contribution >= 4 is 23.2 Å². The highest BCUT2D eigenvalue weighted by molar-refractivity contribution is 6.04. The number of unbranched alkanes of at least 4 members (excludes halogenated alkanes) is 1. The Balaban J connectivity index is 2.07. The Bertz CT molecular complexity index is 788. The molecule has 0 spiro atoms. The predicted molar refractivity (Wildman–Crippen MR) is 111 cm³/mol. The smallest absolute Gasteiger partial charge is 0.255 e. The van der Waals surface area contributed by atoms with Crippen molar-refractivity contribution < 1.29 is 19.1 Å². The predicted octanol–water partition coefficient (Wildman–Crippen LogP) is 4.61. The van der Waals surface area contributed by atoms with E-state index < -0.39 is 0 Å². The maximum Gasteiger partial charge on any atom is 0.255 e. The summed E-state index contributed by atoms with van der Waals surface area (Å²) in [6.45, 7) is 7.12. The summed E-state index contributed by atoms with van der Waals surface area (Å²) < 4.78 is 11.3. The molecule has 2 amide bonds. The monoisotopic (exact) mass is 384 g/mol. The molecular weight excluding hydrogens is 356 g/mol. The second-order valence-corrected chi connectivity index (χ2v) is 6.37. The van der Waals surface area contributed by atoms with Gasteiger partial charge in [0.15, 0.2) is 0 Å². The number of anilines is 2. The lowest BCUT2D eigenvalue weighted by molar-refractivity contribution is -0.114. The van der Waals surface area contributed by atoms with Crippen molar-refractivity contribution in [2.45, 2.75) is 40.2 Å². The van der Waals surface area contributed by atoms with Crippen LogP contribution in [0, 0.1) is 0 Å². The molecule has 150 valence electrons. The van der Waals surface area contributed by atoms with Crippen LogP contribution in [0.2, 0.25) is 0 Å². The van der Waals surface area contributed by atoms with Crippen molar-refractivity contribution in [1.82, 2.24) is 0 Å². The molecule has 0 aromatic heterocycles. The Morgan fingerprint density at radius 2 is 1.64 bits per heavy atom. The van der Waals surface area contributed by atoms with Crippen molar-refractivity contribution in [3.05, 3.63) is 53.6 Å². The first-order valence-electron chi connectivity index (χ1n) is 9.56. The molecule has 2 rings (SSSR count). The molecule has 2 aromatic rings. The van der Waals surface area contributed by atoms with Gasteiger partial charge < -0.3 is 20.1 Å². The van der Waals surface area contributed by atoms with Crippen molar-refractivity contribution in [2.75, 3.05) is 23.8 Å². The number of amides is 2. The number of hydrogen-bond acceptors (Lipinski definition) is 4. The lowest BCUT2D eigenvalue weighted by Crippen LogP contribution is -2.13. The first-order chi connectivity index (χ1) is 13.5. The summed E-state index contributed by atoms with van der Waals surface area (Å²) in [7, 11) is 0. The molecule has 28 heavy (non-hydrogen) atoms. The van der Waals surface area contributed by atoms with E-state index in [4.69, 9.17) is 9.47 Å². The summed E-state index contributed by atoms with van der Waals surface area (Å²) in [5, 5.41) is 5.55. The third kappa shape index (κ3) is 6.70. The van der Waals surface area contributed by atoms with Crippen LogP contribution in [0.4, 0.5) is 11.4 Å². The molecular formula is C22H28N2O4. The maximum atomic E-state index is 12.6. The van der Waals surface area contributed by atoms with Crippen molar-refractivity contribution in [1.29, 1.82) is 0 Å². The van der Waals surface area contributed by atoms with E-state index in [0.717, 1.165) is 24.2 Å². The van der Waals surface area contributed by atoms with Gasteiger partial charge in [0.1, 0.15) is 5.75 Å². The van der Waals surface area contributed by atoms with Crippen LogP contribution in [0.3, 0.4) is 0 Å². The van der Waals surface area contributed by atoms with Gasteiger partial charge in [0.05, 0.1) is 13.2 Å². The maximum absolute atomic E-state index is 12.6. The molecule has 0 fully saturated rings. The molecule has 0 bridgehead atoms. The lowest BCUT2D eigenvalue weighted by Gasteiger charge is -2.13. The molecule has 0 heterocycles. The van der Waals surface area contributed by atoms with Crippen LogP contribution in [0.5, 0.6) is 5.75 Å². The third-order valence-electron chi connectivity index (χ3n) is 3.99. The molecule has 2 N–H and O–H groups in total. The standard InChI is InChI=1S/C22H28N2O4/c1-4-6-13-27-15-18-14-17(7-12-21(18)28-5-2)22(26)24-20-10-8-19(9-11-20)23-16(3)25/h7-12,14H,4-6,13,15H2,1-3H3,(H,23,25)(H,24,26). The summed E-state index contributed by atoms with van der Waals surface area (Å²) in [4.78, 5) is 23.7. The zero-order valence-electron chi connectivity index (χ0n) is 16.7. The van der Waals surface area contributed by atoms with Gasteiger partial charge in [-0.15, -0.1) is 0 Å². The number of hydrogen-bond donors (Lipinski definition) is 2. The van der Waals surface area contributed by atoms with Crippen molar-refractivity contribution in [3.63, 3.8) is 0 Å². The van der Waals surface area contributed by atoms with E-state index in [-0.39, 0.29) is 11.8 Å². The van der Waals surface area contributed by atoms with E-state index in [1.807, 2.05) is 6.92 Å². The minimum atomic E-state index is -0.217. The molecule has 0 aliphatic heterocycles. The van der Waals surface area contributed by atoms with Crippen LogP contribution < -0.4 is 15.4 Å². The van der Waals surface area contributed by atoms with Gasteiger partial charge >= 0.3 is 0 Å². The fraction of sp³-hybridized carbons (Fsp3) is 0.364. The summed E-state index contributed by atoms with van der Waals surface area (Å²) in [6.07, 6.45) is 2.07. The van der Waals surface area contributed by atoms with Gasteiger partial charge in [0, 0.05) is 36.0 Å². The molecule has 0 saturated carbocycles. The Kier molecular flexibility index (Phi) is 8.49. The summed E-state index contributed by atoms with van der Waals surface area (Å²) >= 11 is 0. The van der Waals surface area contributed by atoms with E-state index in [1.165, 1.54) is 6.92 Å². The minimum Gasteiger partial charge on any atom is -0.494 e. The molecule has 6 nitrogen and oxygen atoms in total. The molecule has 0 aliphatic carbocycles. The number of carbonyl (C=O) groups excluding carboxylic acids is 2. The molecule has 0 radical (unpaired) electrons. The van der Waals surface area contributed by atoms with E-state index in [1.54, 1.807) is 42.5 Å². The highest BCUT2D eigenvalue weighted by Gasteiger charge is 2.11. The van der Waals surface area contributed by atoms with Crippen LogP contribution in [-0.4, -0.2) is 25.0 Å². The van der Waals surface area contributed by atoms with Crippen molar-refractivity contribution in [3.8, 4) is 5.75 Å². The Morgan fingerprint density at radius 3 is 2.25 bits per heavy atom. The summed E-state index contributed by atoms with van der Waals surface area (Å²) in [6, 6.07) is 12.3. The Labute approximate surface area is 166 Å². The lowest BCUT2D eigenvalue weighted by atomic mass is 10.1. The van der Waals surface area contributed by atoms with Gasteiger partial charge in [-0.05, 0) is 55.8 Å². The SMILES string of the molecule is CCCCOCc1cc(C(=O)Nc2ccc(NC(C)=O)cc2)ccc1OCC. The number of carbonyl (C=O) groups is 2. The zero-order chi connectivity index (χ0) is 20.4. The topological polar surface area (TPSA) is 76.7 Å².